The van der Waals surface area contributed by atoms with Gasteiger partial charge in [-0.2, -0.15) is 0 Å². The topological polar surface area (TPSA) is 97.0 Å². The fourth-order valence-corrected chi connectivity index (χ4v) is 4.73. The molecule has 0 bridgehead atoms. The number of fused-ring (bicyclic) bond motifs is 1. The zero-order chi connectivity index (χ0) is 25.0. The second kappa shape index (κ2) is 10.4. The largest absolute Gasteiger partial charge is 0.493 e. The van der Waals surface area contributed by atoms with Gasteiger partial charge in [0.2, 0.25) is 15.9 Å². The van der Waals surface area contributed by atoms with Crippen LogP contribution in [0.1, 0.15) is 24.1 Å². The van der Waals surface area contributed by atoms with Crippen LogP contribution in [0.5, 0.6) is 11.5 Å². The van der Waals surface area contributed by atoms with E-state index in [9.17, 15) is 13.2 Å². The number of hydrogen-bond donors (Lipinski definition) is 2. The zero-order valence-electron chi connectivity index (χ0n) is 20.3. The van der Waals surface area contributed by atoms with Crippen molar-refractivity contribution in [2.75, 3.05) is 40.2 Å². The number of nitrogens with one attached hydrogen (secondary N) is 2. The maximum absolute atomic E-state index is 12.5. The van der Waals surface area contributed by atoms with Crippen molar-refractivity contribution in [1.29, 1.82) is 0 Å². The highest BCUT2D eigenvalue weighted by molar-refractivity contribution is 7.89. The monoisotopic (exact) mass is 485 g/mol. The summed E-state index contributed by atoms with van der Waals surface area (Å²) >= 11 is 0. The Kier molecular flexibility index (Phi) is 7.81. The van der Waals surface area contributed by atoms with Crippen LogP contribution < -0.4 is 20.1 Å². The molecule has 2 N–H and O–H groups in total. The maximum Gasteiger partial charge on any atom is 0.242 e. The summed E-state index contributed by atoms with van der Waals surface area (Å²) in [5.74, 6) is 1.06. The Balaban J connectivity index is 1.69. The number of hydrogen-bond acceptors (Lipinski definition) is 6. The average Bonchev–Trinajstić information content (AvgIpc) is 2.82. The molecule has 0 aliphatic heterocycles. The molecule has 0 saturated carbocycles. The number of methoxy groups -OCH3 is 2. The SMILES string of the molecule is COc1cc2ccc(C(C)NCC(=O)Nc3ccc(C)c(S(=O)(=O)N(C)C)c3)cc2cc1OC. The molecule has 182 valence electrons. The van der Waals surface area contributed by atoms with Crippen LogP contribution in [0.3, 0.4) is 0 Å². The minimum Gasteiger partial charge on any atom is -0.493 e. The number of anilines is 1. The van der Waals surface area contributed by atoms with Gasteiger partial charge in [-0.15, -0.1) is 0 Å². The van der Waals surface area contributed by atoms with E-state index in [1.54, 1.807) is 33.3 Å². The van der Waals surface area contributed by atoms with Crippen molar-refractivity contribution in [3.8, 4) is 11.5 Å². The molecule has 1 atom stereocenters. The lowest BCUT2D eigenvalue weighted by molar-refractivity contribution is -0.115. The summed E-state index contributed by atoms with van der Waals surface area (Å²) in [7, 11) is 2.55. The van der Waals surface area contributed by atoms with E-state index in [2.05, 4.69) is 10.6 Å². The van der Waals surface area contributed by atoms with Crippen molar-refractivity contribution >= 4 is 32.4 Å². The molecule has 1 amide bonds. The number of nitrogens with zero attached hydrogens (tertiary/aromatic N) is 1. The Morgan fingerprint density at radius 3 is 2.24 bits per heavy atom. The van der Waals surface area contributed by atoms with Crippen LogP contribution in [0.25, 0.3) is 10.8 Å². The predicted molar refractivity (Wildman–Crippen MR) is 134 cm³/mol. The third-order valence-electron chi connectivity index (χ3n) is 5.67. The van der Waals surface area contributed by atoms with Gasteiger partial charge in [0.25, 0.3) is 0 Å². The van der Waals surface area contributed by atoms with Crippen LogP contribution in [-0.4, -0.2) is 53.5 Å². The van der Waals surface area contributed by atoms with Gasteiger partial charge >= 0.3 is 0 Å². The van der Waals surface area contributed by atoms with Gasteiger partial charge in [0.05, 0.1) is 25.7 Å². The summed E-state index contributed by atoms with van der Waals surface area (Å²) in [5.41, 5.74) is 2.06. The molecule has 9 heteroatoms. The van der Waals surface area contributed by atoms with Gasteiger partial charge in [0.1, 0.15) is 0 Å². The van der Waals surface area contributed by atoms with E-state index < -0.39 is 10.0 Å². The second-order valence-corrected chi connectivity index (χ2v) is 10.4. The first-order valence-electron chi connectivity index (χ1n) is 10.8. The van der Waals surface area contributed by atoms with Gasteiger partial charge in [-0.25, -0.2) is 12.7 Å². The van der Waals surface area contributed by atoms with Gasteiger partial charge in [-0.3, -0.25) is 4.79 Å². The van der Waals surface area contributed by atoms with Gasteiger partial charge in [0, 0.05) is 25.8 Å². The van der Waals surface area contributed by atoms with Crippen molar-refractivity contribution in [2.45, 2.75) is 24.8 Å². The lowest BCUT2D eigenvalue weighted by Crippen LogP contribution is -2.30. The number of amides is 1. The van der Waals surface area contributed by atoms with Crippen LogP contribution >= 0.6 is 0 Å². The van der Waals surface area contributed by atoms with Crippen LogP contribution in [0, 0.1) is 6.92 Å². The van der Waals surface area contributed by atoms with E-state index in [1.807, 2.05) is 37.3 Å². The van der Waals surface area contributed by atoms with Crippen molar-refractivity contribution in [2.24, 2.45) is 0 Å². The lowest BCUT2D eigenvalue weighted by atomic mass is 10.0. The smallest absolute Gasteiger partial charge is 0.242 e. The number of carbonyl (C=O) groups excluding carboxylic acids is 1. The lowest BCUT2D eigenvalue weighted by Gasteiger charge is -2.17. The van der Waals surface area contributed by atoms with Crippen LogP contribution in [0.15, 0.2) is 53.4 Å². The number of aryl methyl sites for hydroxylation is 1. The highest BCUT2D eigenvalue weighted by atomic mass is 32.2. The molecule has 34 heavy (non-hydrogen) atoms. The van der Waals surface area contributed by atoms with E-state index in [1.165, 1.54) is 20.2 Å². The molecule has 0 aromatic heterocycles. The van der Waals surface area contributed by atoms with Crippen LogP contribution in [-0.2, 0) is 14.8 Å². The van der Waals surface area contributed by atoms with Crippen molar-refractivity contribution < 1.29 is 22.7 Å². The Labute approximate surface area is 200 Å². The van der Waals surface area contributed by atoms with Gasteiger partial charge in [0.15, 0.2) is 11.5 Å². The van der Waals surface area contributed by atoms with Gasteiger partial charge in [-0.1, -0.05) is 18.2 Å². The van der Waals surface area contributed by atoms with E-state index in [0.29, 0.717) is 22.7 Å². The predicted octanol–water partition coefficient (Wildman–Crippen LogP) is 3.71. The summed E-state index contributed by atoms with van der Waals surface area (Å²) in [6, 6.07) is 14.7. The van der Waals surface area contributed by atoms with Crippen LogP contribution in [0.4, 0.5) is 5.69 Å². The first-order valence-corrected chi connectivity index (χ1v) is 12.2. The zero-order valence-corrected chi connectivity index (χ0v) is 21.1. The average molecular weight is 486 g/mol. The number of ether oxygens (including phenoxy) is 2. The maximum atomic E-state index is 12.5. The highest BCUT2D eigenvalue weighted by Gasteiger charge is 2.20. The standard InChI is InChI=1S/C25H31N3O5S/c1-16-7-10-21(14-24(16)34(30,31)28(3)4)27-25(29)15-26-17(2)18-8-9-19-12-22(32-5)23(33-6)13-20(19)11-18/h7-14,17,26H,15H2,1-6H3,(H,27,29). The van der Waals surface area contributed by atoms with Crippen molar-refractivity contribution in [1.82, 2.24) is 9.62 Å². The molecule has 8 nitrogen and oxygen atoms in total. The molecule has 3 aromatic carbocycles. The number of rotatable bonds is 9. The minimum atomic E-state index is -3.61. The minimum absolute atomic E-state index is 0.0643. The fourth-order valence-electron chi connectivity index (χ4n) is 3.58. The molecule has 0 aliphatic carbocycles. The van der Waals surface area contributed by atoms with Crippen molar-refractivity contribution in [3.63, 3.8) is 0 Å². The normalized spacial score (nSPS) is 12.6. The van der Waals surface area contributed by atoms with E-state index in [-0.39, 0.29) is 23.4 Å². The molecule has 3 rings (SSSR count). The summed E-state index contributed by atoms with van der Waals surface area (Å²) in [4.78, 5) is 12.7. The third kappa shape index (κ3) is 5.49. The van der Waals surface area contributed by atoms with Crippen molar-refractivity contribution in [3.05, 3.63) is 59.7 Å². The Bertz CT molecular complexity index is 1310. The Morgan fingerprint density at radius 1 is 0.971 bits per heavy atom. The first-order chi connectivity index (χ1) is 16.1. The molecule has 0 spiro atoms. The highest BCUT2D eigenvalue weighted by Crippen LogP contribution is 2.33. The Morgan fingerprint density at radius 2 is 1.62 bits per heavy atom. The first kappa shape index (κ1) is 25.5. The van der Waals surface area contributed by atoms with Crippen LogP contribution in [0.2, 0.25) is 0 Å². The summed E-state index contributed by atoms with van der Waals surface area (Å²) in [6.45, 7) is 3.76. The Hall–Kier alpha value is -3.14. The molecule has 0 aliphatic rings. The molecule has 1 unspecified atom stereocenters. The molecule has 0 radical (unpaired) electrons. The molecule has 0 fully saturated rings. The van der Waals surface area contributed by atoms with E-state index in [4.69, 9.17) is 9.47 Å². The molecule has 3 aromatic rings. The number of sulfonamides is 1. The molecule has 0 heterocycles. The number of benzene rings is 3. The second-order valence-electron chi connectivity index (χ2n) is 8.23. The van der Waals surface area contributed by atoms with Gasteiger partial charge < -0.3 is 20.1 Å². The third-order valence-corrected chi connectivity index (χ3v) is 7.62. The van der Waals surface area contributed by atoms with E-state index in [0.717, 1.165) is 20.6 Å². The van der Waals surface area contributed by atoms with Gasteiger partial charge in [-0.05, 0) is 66.1 Å². The summed E-state index contributed by atoms with van der Waals surface area (Å²) in [5, 5.41) is 8.01. The summed E-state index contributed by atoms with van der Waals surface area (Å²) < 4.78 is 36.9. The quantitative estimate of drug-likeness (QED) is 0.480. The summed E-state index contributed by atoms with van der Waals surface area (Å²) in [6.07, 6.45) is 0. The fraction of sp³-hybridized carbons (Fsp3) is 0.320. The molecular weight excluding hydrogens is 454 g/mol. The van der Waals surface area contributed by atoms with E-state index >= 15 is 0 Å². The molecular formula is C25H31N3O5S. The molecule has 0 saturated heterocycles. The number of carbonyl (C=O) groups is 1.